The Balaban J connectivity index is 1.90. The van der Waals surface area contributed by atoms with Crippen molar-refractivity contribution in [3.05, 3.63) is 38.9 Å². The first kappa shape index (κ1) is 13.7. The highest BCUT2D eigenvalue weighted by Crippen LogP contribution is 2.45. The fourth-order valence-corrected chi connectivity index (χ4v) is 5.25. The quantitative estimate of drug-likeness (QED) is 0.692. The summed E-state index contributed by atoms with van der Waals surface area (Å²) in [5.41, 5.74) is 2.27. The Kier molecular flexibility index (Phi) is 4.08. The second-order valence-corrected chi connectivity index (χ2v) is 8.41. The summed E-state index contributed by atoms with van der Waals surface area (Å²) in [6.07, 6.45) is 2.81. The molecule has 2 nitrogen and oxygen atoms in total. The summed E-state index contributed by atoms with van der Waals surface area (Å²) < 4.78 is 2.35. The van der Waals surface area contributed by atoms with Crippen LogP contribution in [0, 0.1) is 0 Å². The van der Waals surface area contributed by atoms with Crippen molar-refractivity contribution in [1.82, 2.24) is 4.98 Å². The lowest BCUT2D eigenvalue weighted by Gasteiger charge is -2.28. The van der Waals surface area contributed by atoms with Gasteiger partial charge in [-0.1, -0.05) is 18.5 Å². The zero-order valence-electron chi connectivity index (χ0n) is 10.2. The molecule has 0 radical (unpaired) electrons. The Labute approximate surface area is 134 Å². The molecule has 2 aromatic rings. The number of thiophene rings is 1. The summed E-state index contributed by atoms with van der Waals surface area (Å²) in [4.78, 5) is 4.16. The Morgan fingerprint density at radius 2 is 2.37 bits per heavy atom. The van der Waals surface area contributed by atoms with E-state index in [0.717, 1.165) is 16.6 Å². The average Bonchev–Trinajstić information content (AvgIpc) is 2.82. The van der Waals surface area contributed by atoms with Crippen LogP contribution in [0.15, 0.2) is 32.4 Å². The summed E-state index contributed by atoms with van der Waals surface area (Å²) in [5, 5.41) is 6.82. The first-order valence-corrected chi connectivity index (χ1v) is 8.88. The largest absolute Gasteiger partial charge is 0.376 e. The maximum atomic E-state index is 6.16. The van der Waals surface area contributed by atoms with Crippen molar-refractivity contribution >= 4 is 56.3 Å². The maximum absolute atomic E-state index is 6.16. The lowest BCUT2D eigenvalue weighted by molar-refractivity contribution is 0.669. The second-order valence-electron chi connectivity index (χ2n) is 4.52. The molecule has 0 saturated heterocycles. The molecule has 0 aliphatic carbocycles. The summed E-state index contributed by atoms with van der Waals surface area (Å²) in [6.45, 7) is 2.27. The monoisotopic (exact) mass is 374 g/mol. The van der Waals surface area contributed by atoms with E-state index in [-0.39, 0.29) is 0 Å². The predicted molar refractivity (Wildman–Crippen MR) is 87.6 cm³/mol. The maximum Gasteiger partial charge on any atom is 0.152 e. The molecule has 1 N–H and O–H groups in total. The number of pyridine rings is 1. The number of aromatic nitrogens is 1. The van der Waals surface area contributed by atoms with Crippen LogP contribution in [0.3, 0.4) is 0 Å². The highest BCUT2D eigenvalue weighted by molar-refractivity contribution is 9.10. The molecule has 0 amide bonds. The highest BCUT2D eigenvalue weighted by atomic mass is 79.9. The SMILES string of the molecule is C[C@H]1CC(Nc2cc(Br)cnc2Cl)c2ccsc2S1. The normalized spacial score (nSPS) is 22.1. The molecule has 1 aliphatic rings. The number of rotatable bonds is 2. The smallest absolute Gasteiger partial charge is 0.152 e. The van der Waals surface area contributed by atoms with Crippen LogP contribution in [0.1, 0.15) is 24.9 Å². The number of nitrogens with one attached hydrogen (secondary N) is 1. The molecule has 3 rings (SSSR count). The van der Waals surface area contributed by atoms with Crippen molar-refractivity contribution in [2.24, 2.45) is 0 Å². The third-order valence-electron chi connectivity index (χ3n) is 3.05. The number of nitrogens with zero attached hydrogens (tertiary/aromatic N) is 1. The number of thioether (sulfide) groups is 1. The van der Waals surface area contributed by atoms with Gasteiger partial charge in [-0.25, -0.2) is 4.98 Å². The fourth-order valence-electron chi connectivity index (χ4n) is 2.20. The van der Waals surface area contributed by atoms with E-state index in [1.54, 1.807) is 6.20 Å². The summed E-state index contributed by atoms with van der Waals surface area (Å²) >= 11 is 13.4. The number of halogens is 2. The highest BCUT2D eigenvalue weighted by Gasteiger charge is 2.26. The van der Waals surface area contributed by atoms with E-state index >= 15 is 0 Å². The molecule has 0 saturated carbocycles. The van der Waals surface area contributed by atoms with Crippen LogP contribution in [-0.4, -0.2) is 10.2 Å². The van der Waals surface area contributed by atoms with Crippen molar-refractivity contribution in [2.75, 3.05) is 5.32 Å². The fraction of sp³-hybridized carbons (Fsp3) is 0.308. The summed E-state index contributed by atoms with van der Waals surface area (Å²) in [5.74, 6) is 0. The van der Waals surface area contributed by atoms with Crippen LogP contribution < -0.4 is 5.32 Å². The number of fused-ring (bicyclic) bond motifs is 1. The first-order valence-electron chi connectivity index (χ1n) is 5.95. The minimum Gasteiger partial charge on any atom is -0.376 e. The van der Waals surface area contributed by atoms with E-state index in [0.29, 0.717) is 16.4 Å². The van der Waals surface area contributed by atoms with Crippen LogP contribution in [0.5, 0.6) is 0 Å². The van der Waals surface area contributed by atoms with E-state index in [9.17, 15) is 0 Å². The topological polar surface area (TPSA) is 24.9 Å². The van der Waals surface area contributed by atoms with Crippen LogP contribution >= 0.6 is 50.6 Å². The predicted octanol–water partition coefficient (Wildman–Crippen LogP) is 5.60. The molecule has 0 bridgehead atoms. The minimum absolute atomic E-state index is 0.311. The molecular formula is C13H12BrClN2S2. The van der Waals surface area contributed by atoms with Gasteiger partial charge in [0.1, 0.15) is 0 Å². The van der Waals surface area contributed by atoms with Crippen LogP contribution in [0.2, 0.25) is 5.15 Å². The van der Waals surface area contributed by atoms with Gasteiger partial charge in [-0.15, -0.1) is 23.1 Å². The van der Waals surface area contributed by atoms with Gasteiger partial charge in [-0.05, 0) is 45.4 Å². The molecule has 100 valence electrons. The molecule has 1 unspecified atom stereocenters. The second kappa shape index (κ2) is 5.64. The zero-order chi connectivity index (χ0) is 13.4. The molecule has 0 fully saturated rings. The molecule has 0 spiro atoms. The van der Waals surface area contributed by atoms with Gasteiger partial charge in [0.05, 0.1) is 15.9 Å². The summed E-state index contributed by atoms with van der Waals surface area (Å²) in [7, 11) is 0. The minimum atomic E-state index is 0.311. The molecule has 6 heteroatoms. The number of hydrogen-bond acceptors (Lipinski definition) is 4. The van der Waals surface area contributed by atoms with Gasteiger partial charge >= 0.3 is 0 Å². The van der Waals surface area contributed by atoms with E-state index in [1.807, 2.05) is 29.2 Å². The molecule has 19 heavy (non-hydrogen) atoms. The van der Waals surface area contributed by atoms with Gasteiger partial charge < -0.3 is 5.32 Å². The van der Waals surface area contributed by atoms with Crippen LogP contribution in [0.25, 0.3) is 0 Å². The van der Waals surface area contributed by atoms with Gasteiger partial charge in [0.15, 0.2) is 5.15 Å². The number of anilines is 1. The Morgan fingerprint density at radius 1 is 1.53 bits per heavy atom. The lowest BCUT2D eigenvalue weighted by atomic mass is 10.0. The van der Waals surface area contributed by atoms with Crippen molar-refractivity contribution < 1.29 is 0 Å². The Bertz CT molecular complexity index is 602. The van der Waals surface area contributed by atoms with E-state index in [2.05, 4.69) is 44.6 Å². The van der Waals surface area contributed by atoms with Crippen LogP contribution in [-0.2, 0) is 0 Å². The zero-order valence-corrected chi connectivity index (χ0v) is 14.2. The molecule has 2 atom stereocenters. The van der Waals surface area contributed by atoms with Crippen molar-refractivity contribution in [2.45, 2.75) is 28.8 Å². The molecule has 3 heterocycles. The molecule has 0 aromatic carbocycles. The molecular weight excluding hydrogens is 364 g/mol. The van der Waals surface area contributed by atoms with Gasteiger partial charge in [0.25, 0.3) is 0 Å². The van der Waals surface area contributed by atoms with Gasteiger partial charge in [-0.3, -0.25) is 0 Å². The van der Waals surface area contributed by atoms with Gasteiger partial charge in [0, 0.05) is 15.9 Å². The average molecular weight is 376 g/mol. The van der Waals surface area contributed by atoms with Crippen LogP contribution in [0.4, 0.5) is 5.69 Å². The van der Waals surface area contributed by atoms with E-state index < -0.39 is 0 Å². The first-order chi connectivity index (χ1) is 9.13. The van der Waals surface area contributed by atoms with Gasteiger partial charge in [-0.2, -0.15) is 0 Å². The standard InChI is InChI=1S/C13H12BrClN2S2/c1-7-4-10(9-2-3-18-13(9)19-7)17-11-5-8(14)6-16-12(11)15/h2-3,5-7,10,17H,4H2,1H3/t7-,10?/m0/s1. The van der Waals surface area contributed by atoms with Gasteiger partial charge in [0.2, 0.25) is 0 Å². The van der Waals surface area contributed by atoms with E-state index in [1.165, 1.54) is 9.77 Å². The van der Waals surface area contributed by atoms with Crippen molar-refractivity contribution in [1.29, 1.82) is 0 Å². The van der Waals surface area contributed by atoms with E-state index in [4.69, 9.17) is 11.6 Å². The van der Waals surface area contributed by atoms with Crippen molar-refractivity contribution in [3.63, 3.8) is 0 Å². The summed E-state index contributed by atoms with van der Waals surface area (Å²) in [6, 6.07) is 4.50. The molecule has 2 aromatic heterocycles. The lowest BCUT2D eigenvalue weighted by Crippen LogP contribution is -2.19. The third kappa shape index (κ3) is 2.94. The Morgan fingerprint density at radius 3 is 3.21 bits per heavy atom. The van der Waals surface area contributed by atoms with Crippen molar-refractivity contribution in [3.8, 4) is 0 Å². The molecule has 1 aliphatic heterocycles. The Hall–Kier alpha value is -0.230. The third-order valence-corrected chi connectivity index (χ3v) is 6.12. The number of hydrogen-bond donors (Lipinski definition) is 1.